The molecular formula is C17H28O4S. The van der Waals surface area contributed by atoms with E-state index in [0.717, 1.165) is 19.3 Å². The molecular weight excluding hydrogens is 300 g/mol. The molecule has 2 N–H and O–H groups in total. The van der Waals surface area contributed by atoms with Crippen LogP contribution in [0, 0.1) is 5.92 Å². The predicted molar refractivity (Wildman–Crippen MR) is 92.2 cm³/mol. The third-order valence-corrected chi connectivity index (χ3v) is 4.57. The Bertz CT molecular complexity index is 413. The van der Waals surface area contributed by atoms with Crippen molar-refractivity contribution < 1.29 is 19.8 Å². The summed E-state index contributed by atoms with van der Waals surface area (Å²) in [6, 6.07) is 0. The number of aliphatic carboxylic acids is 1. The average molecular weight is 328 g/mol. The van der Waals surface area contributed by atoms with E-state index < -0.39 is 5.97 Å². The number of aliphatic hydroxyl groups is 1. The van der Waals surface area contributed by atoms with Crippen LogP contribution in [0.1, 0.15) is 46.5 Å². The molecule has 0 aliphatic heterocycles. The van der Waals surface area contributed by atoms with E-state index in [-0.39, 0.29) is 24.1 Å². The Morgan fingerprint density at radius 2 is 1.73 bits per heavy atom. The SMILES string of the molecule is CC(=CCO)CCC=C(C)CCC(=O)C(C)CSCC(=O)O. The standard InChI is InChI=1S/C17H28O4S/c1-13(5-4-6-14(2)9-10-18)7-8-16(19)15(3)11-22-12-17(20)21/h5,9,15,18H,4,6-8,10-12H2,1-3H3,(H,20,21). The van der Waals surface area contributed by atoms with Crippen LogP contribution >= 0.6 is 11.8 Å². The molecule has 0 aromatic carbocycles. The third kappa shape index (κ3) is 11.6. The second-order valence-electron chi connectivity index (χ2n) is 5.60. The number of rotatable bonds is 12. The molecule has 126 valence electrons. The van der Waals surface area contributed by atoms with Gasteiger partial charge < -0.3 is 10.2 Å². The molecule has 0 aromatic rings. The van der Waals surface area contributed by atoms with Crippen molar-refractivity contribution in [1.82, 2.24) is 0 Å². The molecule has 22 heavy (non-hydrogen) atoms. The maximum Gasteiger partial charge on any atom is 0.313 e. The van der Waals surface area contributed by atoms with Gasteiger partial charge in [0.05, 0.1) is 12.4 Å². The zero-order valence-corrected chi connectivity index (χ0v) is 14.6. The minimum atomic E-state index is -0.839. The van der Waals surface area contributed by atoms with Gasteiger partial charge in [0.25, 0.3) is 0 Å². The van der Waals surface area contributed by atoms with Gasteiger partial charge >= 0.3 is 5.97 Å². The van der Waals surface area contributed by atoms with E-state index in [1.807, 2.05) is 26.8 Å². The molecule has 0 radical (unpaired) electrons. The number of carboxylic acid groups (broad SMARTS) is 1. The second-order valence-corrected chi connectivity index (χ2v) is 6.63. The van der Waals surface area contributed by atoms with Crippen molar-refractivity contribution in [3.63, 3.8) is 0 Å². The average Bonchev–Trinajstić information content (AvgIpc) is 2.44. The van der Waals surface area contributed by atoms with Gasteiger partial charge in [-0.15, -0.1) is 11.8 Å². The summed E-state index contributed by atoms with van der Waals surface area (Å²) in [6.45, 7) is 5.97. The zero-order chi connectivity index (χ0) is 17.0. The fourth-order valence-electron chi connectivity index (χ4n) is 1.89. The van der Waals surface area contributed by atoms with Gasteiger partial charge in [-0.05, 0) is 33.1 Å². The lowest BCUT2D eigenvalue weighted by Crippen LogP contribution is -2.14. The van der Waals surface area contributed by atoms with E-state index in [1.54, 1.807) is 0 Å². The smallest absolute Gasteiger partial charge is 0.313 e. The monoisotopic (exact) mass is 328 g/mol. The van der Waals surface area contributed by atoms with Gasteiger partial charge in [-0.1, -0.05) is 30.2 Å². The van der Waals surface area contributed by atoms with E-state index in [2.05, 4.69) is 6.08 Å². The first kappa shape index (κ1) is 20.9. The first-order chi connectivity index (χ1) is 10.4. The summed E-state index contributed by atoms with van der Waals surface area (Å²) < 4.78 is 0. The van der Waals surface area contributed by atoms with Crippen LogP contribution in [-0.2, 0) is 9.59 Å². The Morgan fingerprint density at radius 1 is 1.09 bits per heavy atom. The lowest BCUT2D eigenvalue weighted by atomic mass is 10.0. The Labute approximate surface area is 137 Å². The maximum atomic E-state index is 12.0. The quantitative estimate of drug-likeness (QED) is 0.537. The van der Waals surface area contributed by atoms with Crippen molar-refractivity contribution in [2.75, 3.05) is 18.1 Å². The molecule has 0 aliphatic rings. The normalized spacial score (nSPS) is 14.0. The molecule has 4 nitrogen and oxygen atoms in total. The third-order valence-electron chi connectivity index (χ3n) is 3.38. The Kier molecular flexibility index (Phi) is 11.9. The van der Waals surface area contributed by atoms with Crippen molar-refractivity contribution in [3.05, 3.63) is 23.3 Å². The van der Waals surface area contributed by atoms with E-state index >= 15 is 0 Å². The molecule has 0 saturated carbocycles. The highest BCUT2D eigenvalue weighted by atomic mass is 32.2. The van der Waals surface area contributed by atoms with Crippen LogP contribution in [0.2, 0.25) is 0 Å². The van der Waals surface area contributed by atoms with Crippen LogP contribution in [0.15, 0.2) is 23.3 Å². The fourth-order valence-corrected chi connectivity index (χ4v) is 2.72. The summed E-state index contributed by atoms with van der Waals surface area (Å²) >= 11 is 1.29. The number of hydrogen-bond donors (Lipinski definition) is 2. The van der Waals surface area contributed by atoms with Crippen LogP contribution in [0.25, 0.3) is 0 Å². The minimum Gasteiger partial charge on any atom is -0.481 e. The van der Waals surface area contributed by atoms with Gasteiger partial charge in [0.15, 0.2) is 0 Å². The number of aliphatic hydroxyl groups excluding tert-OH is 1. The highest BCUT2D eigenvalue weighted by Crippen LogP contribution is 2.15. The molecule has 0 saturated heterocycles. The number of thioether (sulfide) groups is 1. The highest BCUT2D eigenvalue weighted by molar-refractivity contribution is 7.99. The van der Waals surface area contributed by atoms with Gasteiger partial charge in [0.1, 0.15) is 5.78 Å². The first-order valence-corrected chi connectivity index (χ1v) is 8.76. The molecule has 0 amide bonds. The second kappa shape index (κ2) is 12.5. The number of allylic oxidation sites excluding steroid dienone is 3. The van der Waals surface area contributed by atoms with Crippen LogP contribution < -0.4 is 0 Å². The van der Waals surface area contributed by atoms with Crippen LogP contribution in [0.4, 0.5) is 0 Å². The summed E-state index contributed by atoms with van der Waals surface area (Å²) in [5, 5.41) is 17.3. The van der Waals surface area contributed by atoms with Crippen LogP contribution in [-0.4, -0.2) is 40.1 Å². The molecule has 1 unspecified atom stereocenters. The molecule has 0 fully saturated rings. The summed E-state index contributed by atoms with van der Waals surface area (Å²) in [5.74, 6) is -0.112. The van der Waals surface area contributed by atoms with Crippen molar-refractivity contribution in [1.29, 1.82) is 0 Å². The number of hydrogen-bond acceptors (Lipinski definition) is 4. The topological polar surface area (TPSA) is 74.6 Å². The number of carbonyl (C=O) groups is 2. The number of carboxylic acids is 1. The van der Waals surface area contributed by atoms with Crippen LogP contribution in [0.5, 0.6) is 0 Å². The van der Waals surface area contributed by atoms with Crippen molar-refractivity contribution in [2.24, 2.45) is 5.92 Å². The van der Waals surface area contributed by atoms with Crippen molar-refractivity contribution in [3.8, 4) is 0 Å². The summed E-state index contributed by atoms with van der Waals surface area (Å²) in [6.07, 6.45) is 7.08. The Balaban J connectivity index is 3.97. The van der Waals surface area contributed by atoms with Gasteiger partial charge in [-0.25, -0.2) is 0 Å². The van der Waals surface area contributed by atoms with E-state index in [9.17, 15) is 9.59 Å². The highest BCUT2D eigenvalue weighted by Gasteiger charge is 2.13. The Morgan fingerprint density at radius 3 is 2.32 bits per heavy atom. The minimum absolute atomic E-state index is 0.0528. The molecule has 0 heterocycles. The Hall–Kier alpha value is -1.07. The molecule has 5 heteroatoms. The lowest BCUT2D eigenvalue weighted by Gasteiger charge is -2.09. The van der Waals surface area contributed by atoms with E-state index in [1.165, 1.54) is 22.9 Å². The zero-order valence-electron chi connectivity index (χ0n) is 13.8. The van der Waals surface area contributed by atoms with Crippen molar-refractivity contribution >= 4 is 23.5 Å². The van der Waals surface area contributed by atoms with Gasteiger partial charge in [-0.3, -0.25) is 9.59 Å². The fraction of sp³-hybridized carbons (Fsp3) is 0.647. The van der Waals surface area contributed by atoms with E-state index in [0.29, 0.717) is 12.2 Å². The van der Waals surface area contributed by atoms with Gasteiger partial charge in [-0.2, -0.15) is 0 Å². The lowest BCUT2D eigenvalue weighted by molar-refractivity contribution is -0.134. The molecule has 0 rings (SSSR count). The van der Waals surface area contributed by atoms with Gasteiger partial charge in [0, 0.05) is 18.1 Å². The molecule has 0 bridgehead atoms. The summed E-state index contributed by atoms with van der Waals surface area (Å²) in [4.78, 5) is 22.4. The summed E-state index contributed by atoms with van der Waals surface area (Å²) in [7, 11) is 0. The van der Waals surface area contributed by atoms with E-state index in [4.69, 9.17) is 10.2 Å². The molecule has 0 aromatic heterocycles. The van der Waals surface area contributed by atoms with Crippen LogP contribution in [0.3, 0.4) is 0 Å². The van der Waals surface area contributed by atoms with Gasteiger partial charge in [0.2, 0.25) is 0 Å². The number of ketones is 1. The maximum absolute atomic E-state index is 12.0. The first-order valence-electron chi connectivity index (χ1n) is 7.61. The molecule has 0 aliphatic carbocycles. The predicted octanol–water partition coefficient (Wildman–Crippen LogP) is 3.45. The molecule has 1 atom stereocenters. The largest absolute Gasteiger partial charge is 0.481 e. The number of Topliss-reactive ketones (excluding diaryl/α,β-unsaturated/α-hetero) is 1. The number of carbonyl (C=O) groups excluding carboxylic acids is 1. The molecule has 0 spiro atoms. The summed E-state index contributed by atoms with van der Waals surface area (Å²) in [5.41, 5.74) is 2.38. The van der Waals surface area contributed by atoms with Crippen molar-refractivity contribution in [2.45, 2.75) is 46.5 Å².